The maximum Gasteiger partial charge on any atom is 0.317 e. The van der Waals surface area contributed by atoms with Gasteiger partial charge in [-0.2, -0.15) is 0 Å². The molecule has 1 fully saturated rings. The summed E-state index contributed by atoms with van der Waals surface area (Å²) in [7, 11) is 0. The maximum absolute atomic E-state index is 5.73. The van der Waals surface area contributed by atoms with Crippen molar-refractivity contribution in [3.05, 3.63) is 17.5 Å². The van der Waals surface area contributed by atoms with Crippen molar-refractivity contribution < 1.29 is 4.74 Å². The van der Waals surface area contributed by atoms with Gasteiger partial charge >= 0.3 is 6.01 Å². The first-order valence-electron chi connectivity index (χ1n) is 5.44. The Kier molecular flexibility index (Phi) is 4.96. The summed E-state index contributed by atoms with van der Waals surface area (Å²) in [5, 5.41) is 3.30. The highest BCUT2D eigenvalue weighted by Gasteiger charge is 2.15. The van der Waals surface area contributed by atoms with Crippen LogP contribution in [0.3, 0.4) is 0 Å². The van der Waals surface area contributed by atoms with E-state index < -0.39 is 0 Å². The van der Waals surface area contributed by atoms with Gasteiger partial charge in [0.25, 0.3) is 0 Å². The van der Waals surface area contributed by atoms with Crippen LogP contribution >= 0.6 is 12.4 Å². The second-order valence-corrected chi connectivity index (χ2v) is 4.02. The van der Waals surface area contributed by atoms with Crippen LogP contribution in [0, 0.1) is 13.8 Å². The molecule has 0 radical (unpaired) electrons. The van der Waals surface area contributed by atoms with E-state index in [0.717, 1.165) is 37.3 Å². The monoisotopic (exact) mass is 243 g/mol. The van der Waals surface area contributed by atoms with E-state index in [1.165, 1.54) is 0 Å². The van der Waals surface area contributed by atoms with Gasteiger partial charge in [0.05, 0.1) is 0 Å². The van der Waals surface area contributed by atoms with Crippen LogP contribution < -0.4 is 10.1 Å². The molecule has 2 rings (SSSR count). The predicted octanol–water partition coefficient (Wildman–Crippen LogP) is 1.65. The van der Waals surface area contributed by atoms with E-state index in [1.54, 1.807) is 0 Å². The van der Waals surface area contributed by atoms with Crippen LogP contribution in [0.2, 0.25) is 0 Å². The molecule has 1 N–H and O–H groups in total. The maximum atomic E-state index is 5.73. The summed E-state index contributed by atoms with van der Waals surface area (Å²) in [5.74, 6) is 0. The van der Waals surface area contributed by atoms with E-state index in [4.69, 9.17) is 4.74 Å². The van der Waals surface area contributed by atoms with E-state index in [-0.39, 0.29) is 18.5 Å². The number of aryl methyl sites for hydroxylation is 2. The Morgan fingerprint density at radius 1 is 1.31 bits per heavy atom. The molecule has 1 saturated heterocycles. The van der Waals surface area contributed by atoms with Gasteiger partial charge in [0.1, 0.15) is 6.10 Å². The number of halogens is 1. The van der Waals surface area contributed by atoms with Crippen LogP contribution in [0.4, 0.5) is 0 Å². The lowest BCUT2D eigenvalue weighted by atomic mass is 10.1. The van der Waals surface area contributed by atoms with Crippen molar-refractivity contribution >= 4 is 12.4 Å². The predicted molar refractivity (Wildman–Crippen MR) is 65.3 cm³/mol. The van der Waals surface area contributed by atoms with Gasteiger partial charge in [-0.3, -0.25) is 0 Å². The molecule has 1 aliphatic heterocycles. The number of aromatic nitrogens is 2. The molecule has 1 aromatic rings. The summed E-state index contributed by atoms with van der Waals surface area (Å²) >= 11 is 0. The molecule has 0 bridgehead atoms. The fraction of sp³-hybridized carbons (Fsp3) is 0.636. The first kappa shape index (κ1) is 13.2. The van der Waals surface area contributed by atoms with Crippen LogP contribution in [0.1, 0.15) is 24.2 Å². The van der Waals surface area contributed by atoms with E-state index in [2.05, 4.69) is 15.3 Å². The van der Waals surface area contributed by atoms with Gasteiger partial charge in [0.2, 0.25) is 0 Å². The number of ether oxygens (including phenoxy) is 1. The Labute approximate surface area is 102 Å². The third-order valence-electron chi connectivity index (χ3n) is 2.49. The minimum atomic E-state index is 0. The molecule has 0 unspecified atom stereocenters. The van der Waals surface area contributed by atoms with E-state index in [1.807, 2.05) is 19.9 Å². The Morgan fingerprint density at radius 3 is 2.56 bits per heavy atom. The first-order chi connectivity index (χ1) is 7.24. The van der Waals surface area contributed by atoms with Crippen molar-refractivity contribution in [1.29, 1.82) is 0 Å². The van der Waals surface area contributed by atoms with Gasteiger partial charge in [0, 0.05) is 17.9 Å². The topological polar surface area (TPSA) is 47.0 Å². The zero-order valence-electron chi connectivity index (χ0n) is 9.69. The average molecular weight is 244 g/mol. The van der Waals surface area contributed by atoms with E-state index >= 15 is 0 Å². The molecular weight excluding hydrogens is 226 g/mol. The molecule has 2 heterocycles. The number of nitrogens with one attached hydrogen (secondary N) is 1. The van der Waals surface area contributed by atoms with Crippen molar-refractivity contribution in [3.8, 4) is 6.01 Å². The van der Waals surface area contributed by atoms with Crippen molar-refractivity contribution in [2.24, 2.45) is 0 Å². The number of hydrogen-bond acceptors (Lipinski definition) is 4. The molecule has 0 aliphatic carbocycles. The molecule has 90 valence electrons. The van der Waals surface area contributed by atoms with Gasteiger partial charge in [0.15, 0.2) is 0 Å². The fourth-order valence-electron chi connectivity index (χ4n) is 1.82. The molecule has 0 saturated carbocycles. The Hall–Kier alpha value is -0.870. The molecule has 1 aromatic heterocycles. The number of piperidine rings is 1. The molecule has 4 nitrogen and oxygen atoms in total. The molecule has 0 spiro atoms. The number of rotatable bonds is 2. The van der Waals surface area contributed by atoms with Crippen LogP contribution in [0.25, 0.3) is 0 Å². The SMILES string of the molecule is Cc1cc(C)nc(O[C@@H]2CCCNC2)n1.Cl. The summed E-state index contributed by atoms with van der Waals surface area (Å²) in [5.41, 5.74) is 1.92. The summed E-state index contributed by atoms with van der Waals surface area (Å²) in [6, 6.07) is 2.47. The van der Waals surface area contributed by atoms with Gasteiger partial charge in [-0.15, -0.1) is 12.4 Å². The summed E-state index contributed by atoms with van der Waals surface area (Å²) in [6.45, 7) is 5.91. The molecular formula is C11H18ClN3O. The van der Waals surface area contributed by atoms with Gasteiger partial charge in [-0.25, -0.2) is 9.97 Å². The van der Waals surface area contributed by atoms with E-state index in [9.17, 15) is 0 Å². The lowest BCUT2D eigenvalue weighted by Gasteiger charge is -2.22. The Morgan fingerprint density at radius 2 is 2.00 bits per heavy atom. The highest BCUT2D eigenvalue weighted by molar-refractivity contribution is 5.85. The number of hydrogen-bond donors (Lipinski definition) is 1. The Bertz CT molecular complexity index is 320. The summed E-state index contributed by atoms with van der Waals surface area (Å²) in [6.07, 6.45) is 2.47. The molecule has 0 aromatic carbocycles. The third-order valence-corrected chi connectivity index (χ3v) is 2.49. The zero-order chi connectivity index (χ0) is 10.7. The van der Waals surface area contributed by atoms with Gasteiger partial charge in [-0.05, 0) is 39.3 Å². The van der Waals surface area contributed by atoms with Gasteiger partial charge in [-0.1, -0.05) is 0 Å². The molecule has 0 amide bonds. The fourth-order valence-corrected chi connectivity index (χ4v) is 1.82. The van der Waals surface area contributed by atoms with Crippen molar-refractivity contribution in [2.75, 3.05) is 13.1 Å². The van der Waals surface area contributed by atoms with Crippen LogP contribution in [-0.2, 0) is 0 Å². The molecule has 1 atom stereocenters. The second-order valence-electron chi connectivity index (χ2n) is 4.02. The van der Waals surface area contributed by atoms with Crippen molar-refractivity contribution in [3.63, 3.8) is 0 Å². The third kappa shape index (κ3) is 3.61. The summed E-state index contributed by atoms with van der Waals surface area (Å²) < 4.78 is 5.73. The highest BCUT2D eigenvalue weighted by Crippen LogP contribution is 2.12. The lowest BCUT2D eigenvalue weighted by Crippen LogP contribution is -2.37. The van der Waals surface area contributed by atoms with Gasteiger partial charge < -0.3 is 10.1 Å². The molecule has 16 heavy (non-hydrogen) atoms. The standard InChI is InChI=1S/C11H17N3O.ClH/c1-8-6-9(2)14-11(13-8)15-10-4-3-5-12-7-10;/h6,10,12H,3-5,7H2,1-2H3;1H/t10-;/m1./s1. The first-order valence-corrected chi connectivity index (χ1v) is 5.44. The minimum Gasteiger partial charge on any atom is -0.459 e. The van der Waals surface area contributed by atoms with Crippen molar-refractivity contribution in [2.45, 2.75) is 32.8 Å². The highest BCUT2D eigenvalue weighted by atomic mass is 35.5. The lowest BCUT2D eigenvalue weighted by molar-refractivity contribution is 0.153. The van der Waals surface area contributed by atoms with Crippen LogP contribution in [-0.4, -0.2) is 29.2 Å². The second kappa shape index (κ2) is 6.01. The van der Waals surface area contributed by atoms with Crippen LogP contribution in [0.15, 0.2) is 6.07 Å². The quantitative estimate of drug-likeness (QED) is 0.858. The minimum absolute atomic E-state index is 0. The smallest absolute Gasteiger partial charge is 0.317 e. The average Bonchev–Trinajstić information content (AvgIpc) is 2.17. The van der Waals surface area contributed by atoms with Crippen LogP contribution in [0.5, 0.6) is 6.01 Å². The summed E-state index contributed by atoms with van der Waals surface area (Å²) in [4.78, 5) is 8.53. The van der Waals surface area contributed by atoms with E-state index in [0.29, 0.717) is 6.01 Å². The number of nitrogens with zero attached hydrogens (tertiary/aromatic N) is 2. The normalized spacial score (nSPS) is 20.0. The largest absolute Gasteiger partial charge is 0.459 e. The Balaban J connectivity index is 0.00000128. The van der Waals surface area contributed by atoms with Crippen molar-refractivity contribution in [1.82, 2.24) is 15.3 Å². The molecule has 5 heteroatoms. The zero-order valence-corrected chi connectivity index (χ0v) is 10.5. The molecule has 1 aliphatic rings.